The first-order valence-electron chi connectivity index (χ1n) is 8.91. The molecule has 2 saturated heterocycles. The Bertz CT molecular complexity index is 578. The van der Waals surface area contributed by atoms with Gasteiger partial charge in [-0.15, -0.1) is 0 Å². The largest absolute Gasteiger partial charge is 0.333 e. The van der Waals surface area contributed by atoms with Crippen LogP contribution >= 0.6 is 0 Å². The predicted octanol–water partition coefficient (Wildman–Crippen LogP) is 0.158. The van der Waals surface area contributed by atoms with E-state index in [1.807, 2.05) is 30.3 Å². The third-order valence-corrected chi connectivity index (χ3v) is 5.12. The number of anilines is 1. The maximum Gasteiger partial charge on any atom is 0.315 e. The minimum absolute atomic E-state index is 0.0592. The monoisotopic (exact) mass is 331 g/mol. The van der Waals surface area contributed by atoms with Gasteiger partial charge in [-0.2, -0.15) is 0 Å². The summed E-state index contributed by atoms with van der Waals surface area (Å²) in [5.74, 6) is 0.0592. The molecule has 2 fully saturated rings. The fourth-order valence-electron chi connectivity index (χ4n) is 3.81. The second-order valence-electron chi connectivity index (χ2n) is 6.70. The fraction of sp³-hybridized carbons (Fsp3) is 0.556. The highest BCUT2D eigenvalue weighted by Crippen LogP contribution is 2.20. The summed E-state index contributed by atoms with van der Waals surface area (Å²) in [5, 5.41) is 5.93. The summed E-state index contributed by atoms with van der Waals surface area (Å²) in [6, 6.07) is 9.83. The number of carbonyl (C=O) groups excluding carboxylic acids is 2. The van der Waals surface area contributed by atoms with Gasteiger partial charge in [-0.25, -0.2) is 4.79 Å². The Labute approximate surface area is 143 Å². The van der Waals surface area contributed by atoms with E-state index in [0.29, 0.717) is 25.6 Å². The maximum atomic E-state index is 12.2. The van der Waals surface area contributed by atoms with Crippen molar-refractivity contribution in [3.63, 3.8) is 0 Å². The van der Waals surface area contributed by atoms with E-state index in [1.54, 1.807) is 9.80 Å². The van der Waals surface area contributed by atoms with E-state index in [0.717, 1.165) is 12.2 Å². The molecule has 3 atom stereocenters. The van der Waals surface area contributed by atoms with Gasteiger partial charge in [-0.05, 0) is 19.1 Å². The van der Waals surface area contributed by atoms with Gasteiger partial charge in [0.2, 0.25) is 5.91 Å². The van der Waals surface area contributed by atoms with Crippen molar-refractivity contribution in [2.75, 3.05) is 31.1 Å². The number of urea groups is 1. The van der Waals surface area contributed by atoms with Crippen LogP contribution in [-0.4, -0.2) is 50.2 Å². The number of benzene rings is 1. The van der Waals surface area contributed by atoms with Gasteiger partial charge in [0.15, 0.2) is 0 Å². The Morgan fingerprint density at radius 1 is 1.33 bits per heavy atom. The molecular weight excluding hydrogens is 304 g/mol. The molecule has 3 rings (SSSR count). The van der Waals surface area contributed by atoms with Crippen molar-refractivity contribution in [2.24, 2.45) is 0 Å². The van der Waals surface area contributed by atoms with Gasteiger partial charge in [0.1, 0.15) is 6.04 Å². The van der Waals surface area contributed by atoms with Gasteiger partial charge in [0, 0.05) is 31.5 Å². The molecule has 1 aromatic carbocycles. The first kappa shape index (κ1) is 16.8. The normalized spacial score (nSPS) is 26.6. The summed E-state index contributed by atoms with van der Waals surface area (Å²) in [6.45, 7) is 5.74. The number of rotatable bonds is 5. The summed E-state index contributed by atoms with van der Waals surface area (Å²) in [7, 11) is 0. The highest BCUT2D eigenvalue weighted by atomic mass is 16.2. The molecule has 3 N–H and O–H groups in total. The smallest absolute Gasteiger partial charge is 0.315 e. The van der Waals surface area contributed by atoms with Crippen molar-refractivity contribution in [3.8, 4) is 0 Å². The van der Waals surface area contributed by atoms with Crippen LogP contribution in [-0.2, 0) is 4.79 Å². The van der Waals surface area contributed by atoms with E-state index < -0.39 is 0 Å². The topological polar surface area (TPSA) is 65.9 Å². The van der Waals surface area contributed by atoms with Crippen LogP contribution in [0.2, 0.25) is 0 Å². The Balaban J connectivity index is 1.46. The molecule has 6 nitrogen and oxygen atoms in total. The lowest BCUT2D eigenvalue weighted by Crippen LogP contribution is -3.14. The number of hydrogen-bond acceptors (Lipinski definition) is 2. The number of nitrogens with zero attached hydrogens (tertiary/aromatic N) is 1. The van der Waals surface area contributed by atoms with Crippen LogP contribution in [0, 0.1) is 0 Å². The molecule has 0 aromatic heterocycles. The van der Waals surface area contributed by atoms with Gasteiger partial charge in [-0.3, -0.25) is 4.79 Å². The molecule has 6 heteroatoms. The third kappa shape index (κ3) is 3.87. The summed E-state index contributed by atoms with van der Waals surface area (Å²) in [6.07, 6.45) is 2.77. The summed E-state index contributed by atoms with van der Waals surface area (Å²) in [5.41, 5.74) is 0.889. The van der Waals surface area contributed by atoms with E-state index in [1.165, 1.54) is 19.4 Å². The molecule has 24 heavy (non-hydrogen) atoms. The van der Waals surface area contributed by atoms with Crippen molar-refractivity contribution < 1.29 is 14.5 Å². The summed E-state index contributed by atoms with van der Waals surface area (Å²) < 4.78 is 0. The first-order valence-corrected chi connectivity index (χ1v) is 8.91. The molecule has 2 aliphatic heterocycles. The molecule has 0 spiro atoms. The molecule has 0 radical (unpaired) electrons. The Morgan fingerprint density at radius 3 is 2.88 bits per heavy atom. The Kier molecular flexibility index (Phi) is 5.35. The average Bonchev–Trinajstić information content (AvgIpc) is 3.19. The zero-order chi connectivity index (χ0) is 16.9. The van der Waals surface area contributed by atoms with Gasteiger partial charge in [0.05, 0.1) is 25.7 Å². The lowest BCUT2D eigenvalue weighted by atomic mass is 10.2. The van der Waals surface area contributed by atoms with Crippen molar-refractivity contribution in [1.82, 2.24) is 10.6 Å². The highest BCUT2D eigenvalue weighted by molar-refractivity contribution is 5.96. The number of amides is 3. The number of para-hydroxylation sites is 1. The number of likely N-dealkylation sites (N-methyl/N-ethyl adjacent to an activating group) is 1. The van der Waals surface area contributed by atoms with Crippen LogP contribution in [0.15, 0.2) is 30.3 Å². The number of likely N-dealkylation sites (tertiary alicyclic amines) is 1. The van der Waals surface area contributed by atoms with Crippen LogP contribution in [0.4, 0.5) is 10.5 Å². The zero-order valence-corrected chi connectivity index (χ0v) is 14.3. The van der Waals surface area contributed by atoms with Gasteiger partial charge in [0.25, 0.3) is 0 Å². The molecule has 0 bridgehead atoms. The molecule has 130 valence electrons. The zero-order valence-electron chi connectivity index (χ0n) is 14.3. The van der Waals surface area contributed by atoms with E-state index in [4.69, 9.17) is 0 Å². The molecule has 3 amide bonds. The summed E-state index contributed by atoms with van der Waals surface area (Å²) in [4.78, 5) is 27.6. The number of carbonyl (C=O) groups is 2. The lowest BCUT2D eigenvalue weighted by molar-refractivity contribution is -0.909. The minimum atomic E-state index is -0.162. The van der Waals surface area contributed by atoms with E-state index in [-0.39, 0.29) is 18.0 Å². The summed E-state index contributed by atoms with van der Waals surface area (Å²) >= 11 is 0. The number of nitrogens with one attached hydrogen (secondary N) is 3. The fourth-order valence-corrected chi connectivity index (χ4v) is 3.81. The SMILES string of the molecule is CC[NH+]1CCC[C@H]1CNC(=O)N[C@@H]1CC(=O)N(c2ccccc2)C1. The Morgan fingerprint density at radius 2 is 2.12 bits per heavy atom. The van der Waals surface area contributed by atoms with Crippen LogP contribution in [0.25, 0.3) is 0 Å². The molecule has 1 unspecified atom stereocenters. The molecule has 0 aliphatic carbocycles. The molecule has 2 aliphatic rings. The van der Waals surface area contributed by atoms with Crippen LogP contribution < -0.4 is 20.4 Å². The quantitative estimate of drug-likeness (QED) is 0.719. The van der Waals surface area contributed by atoms with Crippen LogP contribution in [0.3, 0.4) is 0 Å². The van der Waals surface area contributed by atoms with Gasteiger partial charge < -0.3 is 20.4 Å². The van der Waals surface area contributed by atoms with Crippen molar-refractivity contribution >= 4 is 17.6 Å². The molecular formula is C18H27N4O2+. The van der Waals surface area contributed by atoms with Gasteiger partial charge >= 0.3 is 6.03 Å². The molecule has 2 heterocycles. The Hall–Kier alpha value is -2.08. The van der Waals surface area contributed by atoms with Crippen molar-refractivity contribution in [3.05, 3.63) is 30.3 Å². The second-order valence-corrected chi connectivity index (χ2v) is 6.70. The molecule has 1 aromatic rings. The number of quaternary nitrogens is 1. The van der Waals surface area contributed by atoms with Gasteiger partial charge in [-0.1, -0.05) is 18.2 Å². The van der Waals surface area contributed by atoms with Crippen molar-refractivity contribution in [1.29, 1.82) is 0 Å². The molecule has 0 saturated carbocycles. The standard InChI is InChI=1S/C18H26N4O2/c1-2-21-10-6-9-16(21)12-19-18(24)20-14-11-17(23)22(13-14)15-7-4-3-5-8-15/h3-5,7-8,14,16H,2,6,9-13H2,1H3,(H2,19,20,24)/p+1/t14-,16+/m1/s1. The first-order chi connectivity index (χ1) is 11.7. The maximum absolute atomic E-state index is 12.2. The van der Waals surface area contributed by atoms with Crippen LogP contribution in [0.5, 0.6) is 0 Å². The minimum Gasteiger partial charge on any atom is -0.333 e. The van der Waals surface area contributed by atoms with Crippen molar-refractivity contribution in [2.45, 2.75) is 38.3 Å². The van der Waals surface area contributed by atoms with E-state index in [9.17, 15) is 9.59 Å². The second kappa shape index (κ2) is 7.66. The van der Waals surface area contributed by atoms with Crippen LogP contribution in [0.1, 0.15) is 26.2 Å². The highest BCUT2D eigenvalue weighted by Gasteiger charge is 2.32. The lowest BCUT2D eigenvalue weighted by Gasteiger charge is -2.21. The average molecular weight is 331 g/mol. The predicted molar refractivity (Wildman–Crippen MR) is 93.1 cm³/mol. The number of hydrogen-bond donors (Lipinski definition) is 3. The van der Waals surface area contributed by atoms with E-state index in [2.05, 4.69) is 17.6 Å². The third-order valence-electron chi connectivity index (χ3n) is 5.12. The van der Waals surface area contributed by atoms with E-state index >= 15 is 0 Å².